The summed E-state index contributed by atoms with van der Waals surface area (Å²) in [5, 5.41) is 8.06. The fourth-order valence-corrected chi connectivity index (χ4v) is 1.40. The van der Waals surface area contributed by atoms with Crippen LogP contribution < -0.4 is 5.73 Å². The fourth-order valence-electron chi connectivity index (χ4n) is 0.985. The molecule has 0 fully saturated rings. The second kappa shape index (κ2) is 3.48. The summed E-state index contributed by atoms with van der Waals surface area (Å²) < 4.78 is 4.59. The number of nitriles is 1. The van der Waals surface area contributed by atoms with Crippen LogP contribution in [0.2, 0.25) is 0 Å². The number of halogens is 2. The Morgan fingerprint density at radius 1 is 1.64 bits per heavy atom. The first kappa shape index (κ1) is 10.8. The third kappa shape index (κ3) is 1.54. The van der Waals surface area contributed by atoms with Crippen LogP contribution in [0.1, 0.15) is 6.42 Å². The molecule has 7 heteroatoms. The molecule has 74 valence electrons. The molecule has 1 unspecified atom stereocenters. The van der Waals surface area contributed by atoms with Crippen molar-refractivity contribution in [3.8, 4) is 6.07 Å². The highest BCUT2D eigenvalue weighted by molar-refractivity contribution is 6.49. The van der Waals surface area contributed by atoms with E-state index < -0.39 is 28.9 Å². The quantitative estimate of drug-likeness (QED) is 0.699. The van der Waals surface area contributed by atoms with Crippen LogP contribution in [0.5, 0.6) is 0 Å². The minimum Gasteiger partial charge on any atom is -0.433 e. The molecule has 1 amide bonds. The molecule has 1 heterocycles. The Morgan fingerprint density at radius 2 is 2.21 bits per heavy atom. The minimum absolute atomic E-state index is 0.300. The summed E-state index contributed by atoms with van der Waals surface area (Å²) in [6.07, 6.45) is -0.510. The van der Waals surface area contributed by atoms with Crippen LogP contribution in [0.3, 0.4) is 0 Å². The number of nitrogens with zero attached hydrogens (tertiary/aromatic N) is 1. The van der Waals surface area contributed by atoms with Crippen molar-refractivity contribution >= 4 is 35.1 Å². The molecule has 5 nitrogen and oxygen atoms in total. The number of cyclic esters (lactones) is 1. The van der Waals surface area contributed by atoms with Crippen LogP contribution in [0.25, 0.3) is 0 Å². The van der Waals surface area contributed by atoms with Gasteiger partial charge in [-0.1, -0.05) is 23.2 Å². The van der Waals surface area contributed by atoms with Gasteiger partial charge >= 0.3 is 5.97 Å². The molecular weight excluding hydrogens is 231 g/mol. The fraction of sp³-hybridized carbons (Fsp3) is 0.286. The van der Waals surface area contributed by atoms with E-state index in [9.17, 15) is 9.59 Å². The molecule has 0 bridgehead atoms. The number of carbonyl (C=O) groups is 2. The van der Waals surface area contributed by atoms with Gasteiger partial charge in [-0.2, -0.15) is 5.26 Å². The third-order valence-corrected chi connectivity index (χ3v) is 2.53. The van der Waals surface area contributed by atoms with E-state index in [0.717, 1.165) is 0 Å². The molecule has 1 rings (SSSR count). The van der Waals surface area contributed by atoms with Gasteiger partial charge in [-0.3, -0.25) is 4.79 Å². The third-order valence-electron chi connectivity index (χ3n) is 1.60. The molecule has 1 aliphatic rings. The zero-order valence-electron chi connectivity index (χ0n) is 6.71. The Kier molecular flexibility index (Phi) is 2.69. The molecule has 1 atom stereocenters. The molecule has 0 aromatic heterocycles. The van der Waals surface area contributed by atoms with Crippen LogP contribution in [-0.4, -0.2) is 17.5 Å². The number of carbonyl (C=O) groups excluding carboxylic acids is 2. The van der Waals surface area contributed by atoms with Gasteiger partial charge in [-0.15, -0.1) is 0 Å². The normalized spacial score (nSPS) is 25.9. The maximum Gasteiger partial charge on any atom is 0.353 e. The number of amides is 1. The van der Waals surface area contributed by atoms with Crippen molar-refractivity contribution in [3.05, 3.63) is 10.1 Å². The van der Waals surface area contributed by atoms with Gasteiger partial charge in [0.15, 0.2) is 0 Å². The lowest BCUT2D eigenvalue weighted by atomic mass is 10.0. The average molecular weight is 235 g/mol. The van der Waals surface area contributed by atoms with Crippen molar-refractivity contribution in [2.45, 2.75) is 12.0 Å². The standard InChI is InChI=1S/C7H4Cl2N2O3/c8-4-5(9)7(2-10,1-3(11)12)14-6(4)13/h1H2,(H2,11,12). The smallest absolute Gasteiger partial charge is 0.353 e. The number of ether oxygens (including phenoxy) is 1. The lowest BCUT2D eigenvalue weighted by molar-refractivity contribution is -0.144. The molecule has 0 aromatic rings. The number of esters is 1. The lowest BCUT2D eigenvalue weighted by Crippen LogP contribution is -2.34. The Labute approximate surface area is 89.0 Å². The number of primary amides is 1. The molecule has 0 radical (unpaired) electrons. The maximum atomic E-state index is 10.9. The largest absolute Gasteiger partial charge is 0.433 e. The summed E-state index contributed by atoms with van der Waals surface area (Å²) in [4.78, 5) is 21.6. The Bertz CT molecular complexity index is 385. The topological polar surface area (TPSA) is 93.2 Å². The van der Waals surface area contributed by atoms with E-state index in [1.165, 1.54) is 0 Å². The van der Waals surface area contributed by atoms with Gasteiger partial charge < -0.3 is 10.5 Å². The molecule has 1 aliphatic heterocycles. The molecular formula is C7H4Cl2N2O3. The molecule has 0 aromatic carbocycles. The Hall–Kier alpha value is -1.25. The zero-order chi connectivity index (χ0) is 10.9. The first-order chi connectivity index (χ1) is 6.43. The van der Waals surface area contributed by atoms with Crippen molar-refractivity contribution in [3.63, 3.8) is 0 Å². The van der Waals surface area contributed by atoms with Crippen LogP contribution in [0, 0.1) is 11.3 Å². The van der Waals surface area contributed by atoms with Crippen molar-refractivity contribution in [2.24, 2.45) is 5.73 Å². The van der Waals surface area contributed by atoms with E-state index in [-0.39, 0.29) is 5.03 Å². The van der Waals surface area contributed by atoms with Crippen LogP contribution in [0.15, 0.2) is 10.1 Å². The van der Waals surface area contributed by atoms with Gasteiger partial charge in [-0.05, 0) is 0 Å². The van der Waals surface area contributed by atoms with Crippen LogP contribution >= 0.6 is 23.2 Å². The van der Waals surface area contributed by atoms with Gasteiger partial charge in [-0.25, -0.2) is 4.79 Å². The highest BCUT2D eigenvalue weighted by atomic mass is 35.5. The van der Waals surface area contributed by atoms with E-state index in [2.05, 4.69) is 4.74 Å². The molecule has 2 N–H and O–H groups in total. The summed E-state index contributed by atoms with van der Waals surface area (Å²) in [5.41, 5.74) is 3.03. The zero-order valence-corrected chi connectivity index (χ0v) is 8.22. The van der Waals surface area contributed by atoms with Crippen molar-refractivity contribution in [1.82, 2.24) is 0 Å². The second-order valence-corrected chi connectivity index (χ2v) is 3.36. The monoisotopic (exact) mass is 234 g/mol. The first-order valence-corrected chi connectivity index (χ1v) is 4.17. The molecule has 0 saturated carbocycles. The molecule has 0 saturated heterocycles. The van der Waals surface area contributed by atoms with E-state index in [1.54, 1.807) is 6.07 Å². The number of hydrogen-bond donors (Lipinski definition) is 1. The van der Waals surface area contributed by atoms with E-state index >= 15 is 0 Å². The lowest BCUT2D eigenvalue weighted by Gasteiger charge is -2.17. The molecule has 0 spiro atoms. The molecule has 0 aliphatic carbocycles. The van der Waals surface area contributed by atoms with Crippen LogP contribution in [-0.2, 0) is 14.3 Å². The predicted octanol–water partition coefficient (Wildman–Crippen LogP) is 0.370. The maximum absolute atomic E-state index is 10.9. The summed E-state index contributed by atoms with van der Waals surface area (Å²) >= 11 is 11.0. The summed E-state index contributed by atoms with van der Waals surface area (Å²) in [5.74, 6) is -1.75. The second-order valence-electron chi connectivity index (χ2n) is 2.60. The average Bonchev–Trinajstić information content (AvgIpc) is 2.31. The number of hydrogen-bond acceptors (Lipinski definition) is 4. The highest BCUT2D eigenvalue weighted by Crippen LogP contribution is 2.39. The minimum atomic E-state index is -1.85. The van der Waals surface area contributed by atoms with E-state index in [4.69, 9.17) is 34.2 Å². The van der Waals surface area contributed by atoms with Gasteiger partial charge in [0.05, 0.1) is 6.42 Å². The SMILES string of the molecule is N#CC1(CC(N)=O)OC(=O)C(Cl)=C1Cl. The van der Waals surface area contributed by atoms with Crippen LogP contribution in [0.4, 0.5) is 0 Å². The predicted molar refractivity (Wildman–Crippen MR) is 47.0 cm³/mol. The summed E-state index contributed by atoms with van der Waals surface area (Å²) in [6.45, 7) is 0. The van der Waals surface area contributed by atoms with Gasteiger partial charge in [0.25, 0.3) is 0 Å². The first-order valence-electron chi connectivity index (χ1n) is 3.41. The summed E-state index contributed by atoms with van der Waals surface area (Å²) in [6, 6.07) is 1.60. The highest BCUT2D eigenvalue weighted by Gasteiger charge is 2.48. The number of nitrogens with two attached hydrogens (primary N) is 1. The van der Waals surface area contributed by atoms with Crippen molar-refractivity contribution in [2.75, 3.05) is 0 Å². The van der Waals surface area contributed by atoms with Gasteiger partial charge in [0, 0.05) is 0 Å². The van der Waals surface area contributed by atoms with E-state index in [1.807, 2.05) is 0 Å². The Morgan fingerprint density at radius 3 is 2.50 bits per heavy atom. The van der Waals surface area contributed by atoms with E-state index in [0.29, 0.717) is 0 Å². The molecule has 14 heavy (non-hydrogen) atoms. The van der Waals surface area contributed by atoms with Gasteiger partial charge in [0.1, 0.15) is 16.1 Å². The van der Waals surface area contributed by atoms with Crippen molar-refractivity contribution < 1.29 is 14.3 Å². The summed E-state index contributed by atoms with van der Waals surface area (Å²) in [7, 11) is 0. The Balaban J connectivity index is 3.13. The number of rotatable bonds is 2. The van der Waals surface area contributed by atoms with Crippen molar-refractivity contribution in [1.29, 1.82) is 5.26 Å². The van der Waals surface area contributed by atoms with Gasteiger partial charge in [0.2, 0.25) is 11.5 Å².